The van der Waals surface area contributed by atoms with Gasteiger partial charge in [0, 0.05) is 42.0 Å². The summed E-state index contributed by atoms with van der Waals surface area (Å²) in [4.78, 5) is 19.6. The van der Waals surface area contributed by atoms with Crippen LogP contribution in [0.1, 0.15) is 21.6 Å². The van der Waals surface area contributed by atoms with Gasteiger partial charge in [0.05, 0.1) is 21.3 Å². The first kappa shape index (κ1) is 22.4. The Hall–Kier alpha value is -3.25. The van der Waals surface area contributed by atoms with Gasteiger partial charge in [0.1, 0.15) is 0 Å². The van der Waals surface area contributed by atoms with Gasteiger partial charge in [-0.15, -0.1) is 0 Å². The van der Waals surface area contributed by atoms with Crippen molar-refractivity contribution in [1.82, 2.24) is 9.88 Å². The van der Waals surface area contributed by atoms with Gasteiger partial charge in [-0.3, -0.25) is 9.78 Å². The molecule has 2 aromatic carbocycles. The SMILES string of the molecule is COc1cc(C(=O)N(CCc2ccccn2)Cc2ccccc2Cl)cc(OC)c1OC. The van der Waals surface area contributed by atoms with Gasteiger partial charge >= 0.3 is 0 Å². The highest BCUT2D eigenvalue weighted by Crippen LogP contribution is 2.38. The average molecular weight is 441 g/mol. The Bertz CT molecular complexity index is 1000. The summed E-state index contributed by atoms with van der Waals surface area (Å²) < 4.78 is 16.2. The highest BCUT2D eigenvalue weighted by Gasteiger charge is 2.22. The number of nitrogens with zero attached hydrogens (tertiary/aromatic N) is 2. The third-order valence-electron chi connectivity index (χ3n) is 4.88. The second kappa shape index (κ2) is 10.7. The summed E-state index contributed by atoms with van der Waals surface area (Å²) in [5.41, 5.74) is 2.21. The van der Waals surface area contributed by atoms with E-state index in [0.29, 0.717) is 47.3 Å². The van der Waals surface area contributed by atoms with Gasteiger partial charge in [-0.25, -0.2) is 0 Å². The molecular formula is C24H25ClN2O4. The lowest BCUT2D eigenvalue weighted by molar-refractivity contribution is 0.0744. The van der Waals surface area contributed by atoms with Gasteiger partial charge in [0.25, 0.3) is 5.91 Å². The van der Waals surface area contributed by atoms with E-state index in [1.54, 1.807) is 23.2 Å². The van der Waals surface area contributed by atoms with E-state index in [0.717, 1.165) is 11.3 Å². The number of hydrogen-bond donors (Lipinski definition) is 0. The summed E-state index contributed by atoms with van der Waals surface area (Å²) in [6, 6.07) is 16.6. The maximum atomic E-state index is 13.5. The molecule has 0 aliphatic carbocycles. The predicted molar refractivity (Wildman–Crippen MR) is 120 cm³/mol. The van der Waals surface area contributed by atoms with Crippen LogP contribution in [0.4, 0.5) is 0 Å². The number of pyridine rings is 1. The van der Waals surface area contributed by atoms with Crippen molar-refractivity contribution in [2.24, 2.45) is 0 Å². The second-order valence-corrected chi connectivity index (χ2v) is 7.21. The Labute approximate surface area is 187 Å². The Morgan fingerprint density at radius 3 is 2.23 bits per heavy atom. The molecule has 0 N–H and O–H groups in total. The Kier molecular flexibility index (Phi) is 7.73. The minimum absolute atomic E-state index is 0.171. The Morgan fingerprint density at radius 2 is 1.65 bits per heavy atom. The van der Waals surface area contributed by atoms with Crippen LogP contribution >= 0.6 is 11.6 Å². The number of halogens is 1. The molecule has 0 aliphatic rings. The summed E-state index contributed by atoms with van der Waals surface area (Å²) in [6.45, 7) is 0.833. The quantitative estimate of drug-likeness (QED) is 0.485. The standard InChI is InChI=1S/C24H25ClN2O4/c1-29-21-14-18(15-22(30-2)23(21)31-3)24(28)27(13-11-19-9-6-7-12-26-19)16-17-8-4-5-10-20(17)25/h4-10,12,14-15H,11,13,16H2,1-3H3. The summed E-state index contributed by atoms with van der Waals surface area (Å²) in [5.74, 6) is 1.11. The normalized spacial score (nSPS) is 10.5. The fraction of sp³-hybridized carbons (Fsp3) is 0.250. The van der Waals surface area contributed by atoms with E-state index in [9.17, 15) is 4.79 Å². The molecule has 1 aromatic heterocycles. The molecule has 0 saturated carbocycles. The molecule has 0 atom stereocenters. The second-order valence-electron chi connectivity index (χ2n) is 6.80. The van der Waals surface area contributed by atoms with Crippen molar-refractivity contribution in [3.05, 3.63) is 82.6 Å². The molecule has 31 heavy (non-hydrogen) atoms. The third kappa shape index (κ3) is 5.47. The van der Waals surface area contributed by atoms with Gasteiger partial charge in [-0.05, 0) is 35.9 Å². The monoisotopic (exact) mass is 440 g/mol. The van der Waals surface area contributed by atoms with E-state index in [-0.39, 0.29) is 5.91 Å². The molecule has 3 rings (SSSR count). The van der Waals surface area contributed by atoms with Crippen molar-refractivity contribution in [3.8, 4) is 17.2 Å². The first-order chi connectivity index (χ1) is 15.1. The number of rotatable bonds is 9. The van der Waals surface area contributed by atoms with Crippen LogP contribution in [-0.4, -0.2) is 43.7 Å². The molecule has 7 heteroatoms. The lowest BCUT2D eigenvalue weighted by Gasteiger charge is -2.24. The molecule has 3 aromatic rings. The maximum absolute atomic E-state index is 13.5. The zero-order chi connectivity index (χ0) is 22.2. The van der Waals surface area contributed by atoms with E-state index in [1.807, 2.05) is 42.5 Å². The summed E-state index contributed by atoms with van der Waals surface area (Å²) in [5, 5.41) is 0.614. The van der Waals surface area contributed by atoms with Gasteiger partial charge < -0.3 is 19.1 Å². The van der Waals surface area contributed by atoms with E-state index in [4.69, 9.17) is 25.8 Å². The van der Waals surface area contributed by atoms with E-state index in [1.165, 1.54) is 21.3 Å². The molecule has 1 heterocycles. The molecule has 0 spiro atoms. The predicted octanol–water partition coefficient (Wildman–Crippen LogP) is 4.65. The topological polar surface area (TPSA) is 60.9 Å². The van der Waals surface area contributed by atoms with Crippen LogP contribution in [0.5, 0.6) is 17.2 Å². The Balaban J connectivity index is 1.93. The number of benzene rings is 2. The van der Waals surface area contributed by atoms with Crippen LogP contribution in [0.15, 0.2) is 60.8 Å². The summed E-state index contributed by atoms with van der Waals surface area (Å²) >= 11 is 6.36. The van der Waals surface area contributed by atoms with Crippen LogP contribution in [0.25, 0.3) is 0 Å². The maximum Gasteiger partial charge on any atom is 0.254 e. The van der Waals surface area contributed by atoms with Crippen molar-refractivity contribution in [2.75, 3.05) is 27.9 Å². The highest BCUT2D eigenvalue weighted by molar-refractivity contribution is 6.31. The van der Waals surface area contributed by atoms with E-state index >= 15 is 0 Å². The van der Waals surface area contributed by atoms with Gasteiger partial charge in [-0.1, -0.05) is 35.9 Å². The van der Waals surface area contributed by atoms with Crippen LogP contribution in [0.2, 0.25) is 5.02 Å². The third-order valence-corrected chi connectivity index (χ3v) is 5.25. The van der Waals surface area contributed by atoms with Crippen LogP contribution in [0, 0.1) is 0 Å². The molecule has 0 aliphatic heterocycles. The highest BCUT2D eigenvalue weighted by atomic mass is 35.5. The number of methoxy groups -OCH3 is 3. The van der Waals surface area contributed by atoms with Crippen molar-refractivity contribution < 1.29 is 19.0 Å². The van der Waals surface area contributed by atoms with Crippen LogP contribution in [-0.2, 0) is 13.0 Å². The van der Waals surface area contributed by atoms with Gasteiger partial charge in [0.2, 0.25) is 5.75 Å². The number of carbonyl (C=O) groups is 1. The van der Waals surface area contributed by atoms with Crippen LogP contribution < -0.4 is 14.2 Å². The zero-order valence-electron chi connectivity index (χ0n) is 17.8. The zero-order valence-corrected chi connectivity index (χ0v) is 18.6. The van der Waals surface area contributed by atoms with Crippen LogP contribution in [0.3, 0.4) is 0 Å². The minimum Gasteiger partial charge on any atom is -0.493 e. The fourth-order valence-electron chi connectivity index (χ4n) is 3.27. The molecule has 162 valence electrons. The fourth-order valence-corrected chi connectivity index (χ4v) is 3.46. The number of carbonyl (C=O) groups excluding carboxylic acids is 1. The van der Waals surface area contributed by atoms with E-state index in [2.05, 4.69) is 4.98 Å². The van der Waals surface area contributed by atoms with Crippen molar-refractivity contribution >= 4 is 17.5 Å². The summed E-state index contributed by atoms with van der Waals surface area (Å²) in [6.07, 6.45) is 2.36. The first-order valence-electron chi connectivity index (χ1n) is 9.80. The number of hydrogen-bond acceptors (Lipinski definition) is 5. The first-order valence-corrected chi connectivity index (χ1v) is 10.2. The molecule has 0 unspecified atom stereocenters. The van der Waals surface area contributed by atoms with Gasteiger partial charge in [0.15, 0.2) is 11.5 Å². The smallest absolute Gasteiger partial charge is 0.254 e. The van der Waals surface area contributed by atoms with Crippen molar-refractivity contribution in [2.45, 2.75) is 13.0 Å². The van der Waals surface area contributed by atoms with Crippen molar-refractivity contribution in [1.29, 1.82) is 0 Å². The molecule has 0 bridgehead atoms. The average Bonchev–Trinajstić information content (AvgIpc) is 2.82. The number of ether oxygens (including phenoxy) is 3. The lowest BCUT2D eigenvalue weighted by atomic mass is 10.1. The molecular weight excluding hydrogens is 416 g/mol. The lowest BCUT2D eigenvalue weighted by Crippen LogP contribution is -2.32. The molecule has 0 fully saturated rings. The molecule has 0 radical (unpaired) electrons. The number of amides is 1. The van der Waals surface area contributed by atoms with Gasteiger partial charge in [-0.2, -0.15) is 0 Å². The molecule has 1 amide bonds. The summed E-state index contributed by atoms with van der Waals surface area (Å²) in [7, 11) is 4.57. The molecule has 0 saturated heterocycles. The van der Waals surface area contributed by atoms with E-state index < -0.39 is 0 Å². The Morgan fingerprint density at radius 1 is 0.968 bits per heavy atom. The largest absolute Gasteiger partial charge is 0.493 e. The molecule has 6 nitrogen and oxygen atoms in total. The minimum atomic E-state index is -0.171. The number of aromatic nitrogens is 1. The van der Waals surface area contributed by atoms with Crippen molar-refractivity contribution in [3.63, 3.8) is 0 Å².